The standard InChI is InChI=1S/C16H34O2/c1-4-5-6-7-8-9-10-11-12-15(2)13-14-18-16(3)17/h15-17H,4-14H2,1-3H3. The van der Waals surface area contributed by atoms with Crippen molar-refractivity contribution in [3.63, 3.8) is 0 Å². The molecule has 2 atom stereocenters. The smallest absolute Gasteiger partial charge is 0.151 e. The fraction of sp³-hybridized carbons (Fsp3) is 1.00. The highest BCUT2D eigenvalue weighted by Gasteiger charge is 2.03. The van der Waals surface area contributed by atoms with Gasteiger partial charge in [0.2, 0.25) is 0 Å². The predicted octanol–water partition coefficient (Wildman–Crippen LogP) is 4.90. The van der Waals surface area contributed by atoms with Crippen molar-refractivity contribution < 1.29 is 9.84 Å². The van der Waals surface area contributed by atoms with Crippen LogP contribution in [-0.4, -0.2) is 18.0 Å². The van der Waals surface area contributed by atoms with Gasteiger partial charge in [0.1, 0.15) is 0 Å². The Bertz CT molecular complexity index is 157. The molecule has 0 amide bonds. The lowest BCUT2D eigenvalue weighted by atomic mass is 9.99. The molecule has 0 radical (unpaired) electrons. The van der Waals surface area contributed by atoms with E-state index < -0.39 is 6.29 Å². The van der Waals surface area contributed by atoms with E-state index in [2.05, 4.69) is 13.8 Å². The number of hydrogen-bond donors (Lipinski definition) is 1. The minimum Gasteiger partial charge on any atom is -0.368 e. The van der Waals surface area contributed by atoms with Crippen molar-refractivity contribution in [2.24, 2.45) is 5.92 Å². The molecule has 0 heterocycles. The molecule has 0 rings (SSSR count). The highest BCUT2D eigenvalue weighted by molar-refractivity contribution is 4.54. The van der Waals surface area contributed by atoms with Crippen LogP contribution in [0.1, 0.15) is 85.0 Å². The zero-order valence-electron chi connectivity index (χ0n) is 12.8. The van der Waals surface area contributed by atoms with Crippen LogP contribution in [0, 0.1) is 5.92 Å². The number of ether oxygens (including phenoxy) is 1. The van der Waals surface area contributed by atoms with Gasteiger partial charge in [-0.2, -0.15) is 0 Å². The van der Waals surface area contributed by atoms with Crippen molar-refractivity contribution >= 4 is 0 Å². The van der Waals surface area contributed by atoms with E-state index in [-0.39, 0.29) is 0 Å². The Labute approximate surface area is 114 Å². The topological polar surface area (TPSA) is 29.5 Å². The Hall–Kier alpha value is -0.0800. The first-order chi connectivity index (χ1) is 8.66. The molecule has 2 heteroatoms. The fourth-order valence-electron chi connectivity index (χ4n) is 2.21. The number of rotatable bonds is 13. The molecule has 110 valence electrons. The van der Waals surface area contributed by atoms with Crippen molar-refractivity contribution in [1.29, 1.82) is 0 Å². The lowest BCUT2D eigenvalue weighted by Gasteiger charge is -2.12. The van der Waals surface area contributed by atoms with E-state index in [4.69, 9.17) is 9.84 Å². The predicted molar refractivity (Wildman–Crippen MR) is 78.6 cm³/mol. The summed E-state index contributed by atoms with van der Waals surface area (Å²) in [6.45, 7) is 6.91. The van der Waals surface area contributed by atoms with Crippen LogP contribution in [0.15, 0.2) is 0 Å². The molecule has 0 saturated heterocycles. The molecular formula is C16H34O2. The summed E-state index contributed by atoms with van der Waals surface area (Å²) in [6, 6.07) is 0. The van der Waals surface area contributed by atoms with Gasteiger partial charge in [-0.05, 0) is 19.3 Å². The highest BCUT2D eigenvalue weighted by atomic mass is 16.6. The average molecular weight is 258 g/mol. The van der Waals surface area contributed by atoms with Gasteiger partial charge in [0.15, 0.2) is 6.29 Å². The highest BCUT2D eigenvalue weighted by Crippen LogP contribution is 2.15. The lowest BCUT2D eigenvalue weighted by Crippen LogP contribution is -2.09. The zero-order chi connectivity index (χ0) is 13.6. The molecule has 0 aromatic carbocycles. The van der Waals surface area contributed by atoms with Crippen molar-refractivity contribution in [1.82, 2.24) is 0 Å². The van der Waals surface area contributed by atoms with E-state index in [1.165, 1.54) is 57.8 Å². The van der Waals surface area contributed by atoms with Crippen LogP contribution < -0.4 is 0 Å². The van der Waals surface area contributed by atoms with Crippen molar-refractivity contribution in [2.75, 3.05) is 6.61 Å². The largest absolute Gasteiger partial charge is 0.368 e. The van der Waals surface area contributed by atoms with E-state index in [0.717, 1.165) is 12.3 Å². The maximum Gasteiger partial charge on any atom is 0.151 e. The van der Waals surface area contributed by atoms with E-state index >= 15 is 0 Å². The van der Waals surface area contributed by atoms with Crippen molar-refractivity contribution in [2.45, 2.75) is 91.3 Å². The third kappa shape index (κ3) is 14.0. The first-order valence-electron chi connectivity index (χ1n) is 7.96. The average Bonchev–Trinajstić information content (AvgIpc) is 2.32. The lowest BCUT2D eigenvalue weighted by molar-refractivity contribution is -0.0880. The minimum atomic E-state index is -0.611. The van der Waals surface area contributed by atoms with E-state index in [0.29, 0.717) is 6.61 Å². The second kappa shape index (κ2) is 13.4. The molecule has 0 spiro atoms. The van der Waals surface area contributed by atoms with Gasteiger partial charge in [-0.15, -0.1) is 0 Å². The van der Waals surface area contributed by atoms with Crippen molar-refractivity contribution in [3.8, 4) is 0 Å². The van der Waals surface area contributed by atoms with Crippen LogP contribution >= 0.6 is 0 Å². The Balaban J connectivity index is 3.12. The first kappa shape index (κ1) is 17.9. The van der Waals surface area contributed by atoms with Gasteiger partial charge in [-0.1, -0.05) is 71.6 Å². The maximum atomic E-state index is 8.98. The molecule has 0 aromatic rings. The van der Waals surface area contributed by atoms with E-state index in [9.17, 15) is 0 Å². The fourth-order valence-corrected chi connectivity index (χ4v) is 2.21. The van der Waals surface area contributed by atoms with Gasteiger partial charge in [-0.25, -0.2) is 0 Å². The molecule has 0 aliphatic rings. The minimum absolute atomic E-state index is 0.611. The summed E-state index contributed by atoms with van der Waals surface area (Å²) in [5.41, 5.74) is 0. The molecule has 0 bridgehead atoms. The third-order valence-electron chi connectivity index (χ3n) is 3.52. The number of aliphatic hydroxyl groups excluding tert-OH is 1. The van der Waals surface area contributed by atoms with Gasteiger partial charge in [0.25, 0.3) is 0 Å². The molecule has 2 unspecified atom stereocenters. The third-order valence-corrected chi connectivity index (χ3v) is 3.52. The van der Waals surface area contributed by atoms with Crippen LogP contribution in [0.2, 0.25) is 0 Å². The quantitative estimate of drug-likeness (QED) is 0.376. The first-order valence-corrected chi connectivity index (χ1v) is 7.96. The molecule has 2 nitrogen and oxygen atoms in total. The monoisotopic (exact) mass is 258 g/mol. The number of unbranched alkanes of at least 4 members (excludes halogenated alkanes) is 7. The SMILES string of the molecule is CCCCCCCCCCC(C)CCOC(C)O. The summed E-state index contributed by atoms with van der Waals surface area (Å²) >= 11 is 0. The van der Waals surface area contributed by atoms with Gasteiger partial charge >= 0.3 is 0 Å². The summed E-state index contributed by atoms with van der Waals surface area (Å²) in [7, 11) is 0. The molecule has 0 aromatic heterocycles. The van der Waals surface area contributed by atoms with Crippen LogP contribution in [0.25, 0.3) is 0 Å². The van der Waals surface area contributed by atoms with Crippen LogP contribution in [0.5, 0.6) is 0 Å². The van der Waals surface area contributed by atoms with E-state index in [1.807, 2.05) is 0 Å². The van der Waals surface area contributed by atoms with Crippen LogP contribution in [0.3, 0.4) is 0 Å². The molecular weight excluding hydrogens is 224 g/mol. The summed E-state index contributed by atoms with van der Waals surface area (Å²) in [5.74, 6) is 0.726. The molecule has 0 aliphatic carbocycles. The summed E-state index contributed by atoms with van der Waals surface area (Å²) in [5, 5.41) is 8.98. The second-order valence-electron chi connectivity index (χ2n) is 5.63. The molecule has 1 N–H and O–H groups in total. The molecule has 0 fully saturated rings. The Morgan fingerprint density at radius 1 is 0.833 bits per heavy atom. The second-order valence-corrected chi connectivity index (χ2v) is 5.63. The van der Waals surface area contributed by atoms with Gasteiger partial charge < -0.3 is 9.84 Å². The maximum absolute atomic E-state index is 8.98. The Morgan fingerprint density at radius 2 is 1.39 bits per heavy atom. The van der Waals surface area contributed by atoms with Gasteiger partial charge in [-0.3, -0.25) is 0 Å². The molecule has 0 saturated carbocycles. The summed E-state index contributed by atoms with van der Waals surface area (Å²) in [4.78, 5) is 0. The Kier molecular flexibility index (Phi) is 13.3. The summed E-state index contributed by atoms with van der Waals surface area (Å²) in [6.07, 6.45) is 12.9. The normalized spacial score (nSPS) is 14.7. The number of hydrogen-bond acceptors (Lipinski definition) is 2. The zero-order valence-corrected chi connectivity index (χ0v) is 12.8. The van der Waals surface area contributed by atoms with Crippen LogP contribution in [0.4, 0.5) is 0 Å². The van der Waals surface area contributed by atoms with E-state index in [1.54, 1.807) is 6.92 Å². The van der Waals surface area contributed by atoms with Gasteiger partial charge in [0, 0.05) is 6.61 Å². The summed E-state index contributed by atoms with van der Waals surface area (Å²) < 4.78 is 5.15. The van der Waals surface area contributed by atoms with Crippen molar-refractivity contribution in [3.05, 3.63) is 0 Å². The van der Waals surface area contributed by atoms with Crippen LogP contribution in [-0.2, 0) is 4.74 Å². The van der Waals surface area contributed by atoms with Gasteiger partial charge in [0.05, 0.1) is 0 Å². The Morgan fingerprint density at radius 3 is 1.94 bits per heavy atom. The number of aliphatic hydroxyl groups is 1. The molecule has 0 aliphatic heterocycles. The molecule has 18 heavy (non-hydrogen) atoms.